The number of methoxy groups -OCH3 is 1. The topological polar surface area (TPSA) is 38.7 Å². The summed E-state index contributed by atoms with van der Waals surface area (Å²) in [6.07, 6.45) is -0.585. The van der Waals surface area contributed by atoms with Crippen molar-refractivity contribution in [1.29, 1.82) is 0 Å². The van der Waals surface area contributed by atoms with Crippen molar-refractivity contribution in [2.75, 3.05) is 7.11 Å². The third-order valence-electron chi connectivity index (χ3n) is 3.05. The molecule has 0 aliphatic heterocycles. The molecule has 1 atom stereocenters. The van der Waals surface area contributed by atoms with Crippen LogP contribution in [-0.4, -0.2) is 12.2 Å². The highest BCUT2D eigenvalue weighted by Gasteiger charge is 2.09. The van der Waals surface area contributed by atoms with Crippen molar-refractivity contribution in [1.82, 2.24) is 0 Å². The van der Waals surface area contributed by atoms with Gasteiger partial charge in [-0.1, -0.05) is 23.7 Å². The predicted octanol–water partition coefficient (Wildman–Crippen LogP) is 4.12. The molecule has 0 fully saturated rings. The van der Waals surface area contributed by atoms with Gasteiger partial charge in [0.05, 0.1) is 18.2 Å². The molecule has 0 aliphatic rings. The zero-order chi connectivity index (χ0) is 15.4. The summed E-state index contributed by atoms with van der Waals surface area (Å²) in [6.45, 7) is 1.87. The molecule has 21 heavy (non-hydrogen) atoms. The Hall–Kier alpha value is -1.78. The first-order valence-corrected chi connectivity index (χ1v) is 6.81. The lowest BCUT2D eigenvalue weighted by atomic mass is 10.1. The highest BCUT2D eigenvalue weighted by Crippen LogP contribution is 2.31. The Labute approximate surface area is 127 Å². The number of aliphatic hydroxyl groups excluding tert-OH is 1. The minimum absolute atomic E-state index is 0.0811. The fourth-order valence-electron chi connectivity index (χ4n) is 1.85. The molecule has 3 nitrogen and oxygen atoms in total. The second kappa shape index (κ2) is 6.78. The van der Waals surface area contributed by atoms with E-state index in [0.717, 1.165) is 5.56 Å². The van der Waals surface area contributed by atoms with E-state index in [0.29, 0.717) is 17.1 Å². The molecule has 0 unspecified atom stereocenters. The van der Waals surface area contributed by atoms with Gasteiger partial charge in [0, 0.05) is 0 Å². The maximum Gasteiger partial charge on any atom is 0.161 e. The number of hydrogen-bond acceptors (Lipinski definition) is 3. The summed E-state index contributed by atoms with van der Waals surface area (Å²) in [6, 6.07) is 9.70. The first kappa shape index (κ1) is 15.6. The molecule has 5 heteroatoms. The lowest BCUT2D eigenvalue weighted by molar-refractivity contribution is 0.198. The van der Waals surface area contributed by atoms with Gasteiger partial charge in [0.2, 0.25) is 0 Å². The van der Waals surface area contributed by atoms with E-state index >= 15 is 0 Å². The number of ether oxygens (including phenoxy) is 2. The fraction of sp³-hybridized carbons (Fsp3) is 0.250. The van der Waals surface area contributed by atoms with E-state index in [2.05, 4.69) is 0 Å². The summed E-state index contributed by atoms with van der Waals surface area (Å²) in [4.78, 5) is 0. The minimum Gasteiger partial charge on any atom is -0.493 e. The molecule has 1 N–H and O–H groups in total. The van der Waals surface area contributed by atoms with Crippen LogP contribution in [0.5, 0.6) is 11.5 Å². The average molecular weight is 311 g/mol. The van der Waals surface area contributed by atoms with E-state index in [9.17, 15) is 9.50 Å². The van der Waals surface area contributed by atoms with E-state index in [1.54, 1.807) is 31.2 Å². The van der Waals surface area contributed by atoms with Gasteiger partial charge < -0.3 is 14.6 Å². The number of hydrogen-bond donors (Lipinski definition) is 1. The normalized spacial score (nSPS) is 12.0. The van der Waals surface area contributed by atoms with E-state index in [4.69, 9.17) is 21.1 Å². The summed E-state index contributed by atoms with van der Waals surface area (Å²) in [5.41, 5.74) is 1.40. The Morgan fingerprint density at radius 3 is 2.57 bits per heavy atom. The maximum absolute atomic E-state index is 13.4. The van der Waals surface area contributed by atoms with E-state index in [1.165, 1.54) is 19.2 Å². The molecule has 0 saturated heterocycles. The summed E-state index contributed by atoms with van der Waals surface area (Å²) < 4.78 is 24.2. The fourth-order valence-corrected chi connectivity index (χ4v) is 1.97. The van der Waals surface area contributed by atoms with Gasteiger partial charge in [0.15, 0.2) is 11.5 Å². The average Bonchev–Trinajstić information content (AvgIpc) is 2.48. The van der Waals surface area contributed by atoms with Crippen LogP contribution in [0.2, 0.25) is 5.02 Å². The van der Waals surface area contributed by atoms with Crippen LogP contribution in [-0.2, 0) is 6.61 Å². The van der Waals surface area contributed by atoms with Crippen LogP contribution in [0, 0.1) is 5.82 Å². The summed E-state index contributed by atoms with van der Waals surface area (Å²) >= 11 is 5.63. The lowest BCUT2D eigenvalue weighted by Gasteiger charge is -2.13. The first-order chi connectivity index (χ1) is 10.0. The molecule has 0 heterocycles. The van der Waals surface area contributed by atoms with Crippen LogP contribution in [0.1, 0.15) is 24.2 Å². The molecular formula is C16H16ClFO3. The number of rotatable bonds is 5. The molecule has 112 valence electrons. The molecule has 0 bridgehead atoms. The molecule has 0 saturated carbocycles. The van der Waals surface area contributed by atoms with E-state index < -0.39 is 11.9 Å². The summed E-state index contributed by atoms with van der Waals surface area (Å²) in [5, 5.41) is 9.63. The molecule has 0 aromatic heterocycles. The summed E-state index contributed by atoms with van der Waals surface area (Å²) in [7, 11) is 1.52. The molecule has 0 radical (unpaired) electrons. The van der Waals surface area contributed by atoms with Gasteiger partial charge in [0.1, 0.15) is 12.4 Å². The Bertz CT molecular complexity index is 629. The smallest absolute Gasteiger partial charge is 0.161 e. The molecule has 0 aliphatic carbocycles. The van der Waals surface area contributed by atoms with Gasteiger partial charge in [-0.25, -0.2) is 4.39 Å². The number of benzene rings is 2. The van der Waals surface area contributed by atoms with Crippen LogP contribution in [0.25, 0.3) is 0 Å². The van der Waals surface area contributed by atoms with Crippen molar-refractivity contribution in [2.45, 2.75) is 19.6 Å². The zero-order valence-corrected chi connectivity index (χ0v) is 12.5. The van der Waals surface area contributed by atoms with Gasteiger partial charge in [-0.2, -0.15) is 0 Å². The third kappa shape index (κ3) is 3.86. The van der Waals surface area contributed by atoms with Gasteiger partial charge in [0.25, 0.3) is 0 Å². The van der Waals surface area contributed by atoms with Crippen LogP contribution < -0.4 is 9.47 Å². The molecule has 2 aromatic rings. The molecular weight excluding hydrogens is 295 g/mol. The van der Waals surface area contributed by atoms with Crippen LogP contribution >= 0.6 is 11.6 Å². The first-order valence-electron chi connectivity index (χ1n) is 6.44. The highest BCUT2D eigenvalue weighted by atomic mass is 35.5. The van der Waals surface area contributed by atoms with Crippen molar-refractivity contribution in [3.8, 4) is 11.5 Å². The quantitative estimate of drug-likeness (QED) is 0.903. The standard InChI is InChI=1S/C16H16ClFO3/c1-10(19)12-4-6-15(16(8-12)20-2)21-9-11-3-5-13(17)14(18)7-11/h3-8,10,19H,9H2,1-2H3/t10-/m0/s1. The Balaban J connectivity index is 2.13. The largest absolute Gasteiger partial charge is 0.493 e. The maximum atomic E-state index is 13.4. The molecule has 2 aromatic carbocycles. The predicted molar refractivity (Wildman–Crippen MR) is 79.4 cm³/mol. The van der Waals surface area contributed by atoms with Gasteiger partial charge in [-0.3, -0.25) is 0 Å². The van der Waals surface area contributed by atoms with Gasteiger partial charge >= 0.3 is 0 Å². The second-order valence-corrected chi connectivity index (χ2v) is 5.03. The molecule has 0 spiro atoms. The van der Waals surface area contributed by atoms with Crippen molar-refractivity contribution >= 4 is 11.6 Å². The van der Waals surface area contributed by atoms with Crippen LogP contribution in [0.15, 0.2) is 36.4 Å². The highest BCUT2D eigenvalue weighted by molar-refractivity contribution is 6.30. The van der Waals surface area contributed by atoms with E-state index in [-0.39, 0.29) is 11.6 Å². The van der Waals surface area contributed by atoms with Crippen LogP contribution in [0.3, 0.4) is 0 Å². The van der Waals surface area contributed by atoms with Crippen molar-refractivity contribution in [3.63, 3.8) is 0 Å². The Kier molecular flexibility index (Phi) is 5.04. The summed E-state index contributed by atoms with van der Waals surface area (Å²) in [5.74, 6) is 0.564. The van der Waals surface area contributed by atoms with Crippen molar-refractivity contribution in [2.24, 2.45) is 0 Å². The monoisotopic (exact) mass is 310 g/mol. The zero-order valence-electron chi connectivity index (χ0n) is 11.8. The van der Waals surface area contributed by atoms with Gasteiger partial charge in [-0.05, 0) is 42.3 Å². The minimum atomic E-state index is -0.585. The Morgan fingerprint density at radius 2 is 1.95 bits per heavy atom. The number of halogens is 2. The van der Waals surface area contributed by atoms with Gasteiger partial charge in [-0.15, -0.1) is 0 Å². The second-order valence-electron chi connectivity index (χ2n) is 4.62. The molecule has 0 amide bonds. The third-order valence-corrected chi connectivity index (χ3v) is 3.35. The number of aliphatic hydroxyl groups is 1. The van der Waals surface area contributed by atoms with Crippen LogP contribution in [0.4, 0.5) is 4.39 Å². The lowest BCUT2D eigenvalue weighted by Crippen LogP contribution is -2.00. The van der Waals surface area contributed by atoms with E-state index in [1.807, 2.05) is 0 Å². The SMILES string of the molecule is COc1cc([C@H](C)O)ccc1OCc1ccc(Cl)c(F)c1. The molecule has 2 rings (SSSR count). The Morgan fingerprint density at radius 1 is 1.19 bits per heavy atom. The van der Waals surface area contributed by atoms with Crippen molar-refractivity contribution < 1.29 is 19.0 Å². The van der Waals surface area contributed by atoms with Crippen molar-refractivity contribution in [3.05, 3.63) is 58.4 Å².